The third-order valence-corrected chi connectivity index (χ3v) is 5.84. The van der Waals surface area contributed by atoms with Crippen molar-refractivity contribution in [1.82, 2.24) is 15.8 Å². The van der Waals surface area contributed by atoms with E-state index in [9.17, 15) is 4.39 Å². The average molecular weight is 384 g/mol. The number of benzene rings is 2. The first-order valence-electron chi connectivity index (χ1n) is 10.1. The highest BCUT2D eigenvalue weighted by Crippen LogP contribution is 2.30. The molecular weight excluding hydrogens is 355 g/mol. The summed E-state index contributed by atoms with van der Waals surface area (Å²) in [6.07, 6.45) is 1.14. The molecule has 2 atom stereocenters. The third-order valence-electron chi connectivity index (χ3n) is 5.84. The molecule has 2 aliphatic rings. The summed E-state index contributed by atoms with van der Waals surface area (Å²) in [5.41, 5.74) is 8.51. The molecule has 0 bridgehead atoms. The number of rotatable bonds is 5. The van der Waals surface area contributed by atoms with Crippen molar-refractivity contribution >= 4 is 5.69 Å². The molecular formula is C22H29FN4O. The number of nitrogens with one attached hydrogen (secondary N) is 2. The summed E-state index contributed by atoms with van der Waals surface area (Å²) in [5, 5.41) is 0. The molecule has 0 amide bonds. The van der Waals surface area contributed by atoms with Gasteiger partial charge in [0.25, 0.3) is 0 Å². The van der Waals surface area contributed by atoms with Gasteiger partial charge in [-0.05, 0) is 31.2 Å². The number of methoxy groups -OCH3 is 1. The lowest BCUT2D eigenvalue weighted by Crippen LogP contribution is -2.36. The van der Waals surface area contributed by atoms with Gasteiger partial charge < -0.3 is 14.5 Å². The molecule has 2 heterocycles. The van der Waals surface area contributed by atoms with Crippen molar-refractivity contribution in [2.45, 2.75) is 12.5 Å². The second kappa shape index (κ2) is 8.90. The van der Waals surface area contributed by atoms with Crippen LogP contribution in [0.15, 0.2) is 48.5 Å². The van der Waals surface area contributed by atoms with Gasteiger partial charge in [0, 0.05) is 56.0 Å². The minimum Gasteiger partial charge on any atom is -0.497 e. The smallest absolute Gasteiger partial charge is 0.131 e. The monoisotopic (exact) mass is 384 g/mol. The number of halogens is 1. The fraction of sp³-hybridized carbons (Fsp3) is 0.455. The van der Waals surface area contributed by atoms with Gasteiger partial charge in [0.2, 0.25) is 0 Å². The zero-order chi connectivity index (χ0) is 19.3. The molecule has 2 saturated heterocycles. The lowest BCUT2D eigenvalue weighted by atomic mass is 9.93. The Morgan fingerprint density at radius 3 is 2.71 bits per heavy atom. The quantitative estimate of drug-likeness (QED) is 0.830. The Balaban J connectivity index is 1.39. The summed E-state index contributed by atoms with van der Waals surface area (Å²) in [5.74, 6) is 0.667. The molecule has 5 nitrogen and oxygen atoms in total. The number of hydrazine groups is 1. The lowest BCUT2D eigenvalue weighted by Gasteiger charge is -2.27. The lowest BCUT2D eigenvalue weighted by molar-refractivity contribution is 0.238. The van der Waals surface area contributed by atoms with Crippen LogP contribution < -0.4 is 20.5 Å². The number of para-hydroxylation sites is 1. The van der Waals surface area contributed by atoms with Crippen LogP contribution in [0.3, 0.4) is 0 Å². The highest BCUT2D eigenvalue weighted by molar-refractivity contribution is 5.46. The van der Waals surface area contributed by atoms with Crippen molar-refractivity contribution in [3.05, 3.63) is 59.9 Å². The van der Waals surface area contributed by atoms with E-state index in [1.807, 2.05) is 12.1 Å². The van der Waals surface area contributed by atoms with E-state index >= 15 is 0 Å². The fourth-order valence-electron chi connectivity index (χ4n) is 4.31. The SMILES string of the molecule is COc1ccc(C2NNCC2CN2CCCN(c3ccccc3)CC2)c(F)c1. The van der Waals surface area contributed by atoms with E-state index in [0.717, 1.165) is 45.7 Å². The molecule has 2 unspecified atom stereocenters. The van der Waals surface area contributed by atoms with Gasteiger partial charge >= 0.3 is 0 Å². The van der Waals surface area contributed by atoms with Crippen LogP contribution in [0.2, 0.25) is 0 Å². The van der Waals surface area contributed by atoms with Crippen LogP contribution >= 0.6 is 0 Å². The summed E-state index contributed by atoms with van der Waals surface area (Å²) in [7, 11) is 1.56. The van der Waals surface area contributed by atoms with Gasteiger partial charge in [0.1, 0.15) is 11.6 Å². The van der Waals surface area contributed by atoms with Gasteiger partial charge in [-0.1, -0.05) is 24.3 Å². The molecule has 0 aliphatic carbocycles. The maximum atomic E-state index is 14.6. The molecule has 2 aromatic carbocycles. The summed E-state index contributed by atoms with van der Waals surface area (Å²) in [4.78, 5) is 4.99. The largest absolute Gasteiger partial charge is 0.497 e. The van der Waals surface area contributed by atoms with Gasteiger partial charge in [-0.15, -0.1) is 0 Å². The number of hydrogen-bond acceptors (Lipinski definition) is 5. The van der Waals surface area contributed by atoms with Crippen LogP contribution in [0.25, 0.3) is 0 Å². The molecule has 2 fully saturated rings. The van der Waals surface area contributed by atoms with Crippen molar-refractivity contribution in [3.63, 3.8) is 0 Å². The van der Waals surface area contributed by atoms with E-state index in [-0.39, 0.29) is 11.9 Å². The van der Waals surface area contributed by atoms with Crippen molar-refractivity contribution < 1.29 is 9.13 Å². The van der Waals surface area contributed by atoms with Crippen LogP contribution in [0.1, 0.15) is 18.0 Å². The molecule has 4 rings (SSSR count). The van der Waals surface area contributed by atoms with E-state index in [2.05, 4.69) is 51.0 Å². The average Bonchev–Trinajstić information content (AvgIpc) is 3.05. The maximum absolute atomic E-state index is 14.6. The molecule has 0 aromatic heterocycles. The Hall–Kier alpha value is -2.15. The predicted molar refractivity (Wildman–Crippen MR) is 110 cm³/mol. The minimum atomic E-state index is -0.211. The zero-order valence-electron chi connectivity index (χ0n) is 16.4. The Morgan fingerprint density at radius 2 is 1.93 bits per heavy atom. The van der Waals surface area contributed by atoms with Crippen molar-refractivity contribution in [1.29, 1.82) is 0 Å². The highest BCUT2D eigenvalue weighted by atomic mass is 19.1. The van der Waals surface area contributed by atoms with Gasteiger partial charge in [-0.3, -0.25) is 5.43 Å². The van der Waals surface area contributed by atoms with Crippen LogP contribution in [0.5, 0.6) is 5.75 Å². The number of hydrogen-bond donors (Lipinski definition) is 2. The Labute approximate surface area is 166 Å². The molecule has 0 saturated carbocycles. The second-order valence-electron chi connectivity index (χ2n) is 7.63. The van der Waals surface area contributed by atoms with Crippen molar-refractivity contribution in [2.24, 2.45) is 5.92 Å². The van der Waals surface area contributed by atoms with Crippen LogP contribution in [-0.2, 0) is 0 Å². The standard InChI is InChI=1S/C22H29FN4O/c1-28-19-8-9-20(21(23)14-19)22-17(15-24-25-22)16-26-10-5-11-27(13-12-26)18-6-3-2-4-7-18/h2-4,6-9,14,17,22,24-25H,5,10-13,15-16H2,1H3. The van der Waals surface area contributed by atoms with Crippen molar-refractivity contribution in [2.75, 3.05) is 51.3 Å². The highest BCUT2D eigenvalue weighted by Gasteiger charge is 2.32. The van der Waals surface area contributed by atoms with Crippen LogP contribution in [0, 0.1) is 11.7 Å². The first-order chi connectivity index (χ1) is 13.7. The maximum Gasteiger partial charge on any atom is 0.131 e. The zero-order valence-corrected chi connectivity index (χ0v) is 16.4. The molecule has 2 aromatic rings. The van der Waals surface area contributed by atoms with Gasteiger partial charge in [0.15, 0.2) is 0 Å². The topological polar surface area (TPSA) is 39.8 Å². The molecule has 0 spiro atoms. The summed E-state index contributed by atoms with van der Waals surface area (Å²) in [6, 6.07) is 15.7. The Kier molecular flexibility index (Phi) is 6.10. The molecule has 0 radical (unpaired) electrons. The molecule has 2 aliphatic heterocycles. The summed E-state index contributed by atoms with van der Waals surface area (Å²) >= 11 is 0. The third kappa shape index (κ3) is 4.29. The summed E-state index contributed by atoms with van der Waals surface area (Å²) in [6.45, 7) is 6.02. The normalized spacial score (nSPS) is 23.6. The molecule has 6 heteroatoms. The van der Waals surface area contributed by atoms with E-state index in [1.165, 1.54) is 11.8 Å². The van der Waals surface area contributed by atoms with E-state index in [0.29, 0.717) is 17.2 Å². The molecule has 150 valence electrons. The van der Waals surface area contributed by atoms with Gasteiger partial charge in [-0.2, -0.15) is 0 Å². The van der Waals surface area contributed by atoms with E-state index in [4.69, 9.17) is 4.74 Å². The Morgan fingerprint density at radius 1 is 1.07 bits per heavy atom. The minimum absolute atomic E-state index is 0.0283. The van der Waals surface area contributed by atoms with Crippen molar-refractivity contribution in [3.8, 4) is 5.75 Å². The van der Waals surface area contributed by atoms with E-state index < -0.39 is 0 Å². The second-order valence-corrected chi connectivity index (χ2v) is 7.63. The van der Waals surface area contributed by atoms with Crippen LogP contribution in [-0.4, -0.2) is 51.3 Å². The van der Waals surface area contributed by atoms with Gasteiger partial charge in [-0.25, -0.2) is 9.82 Å². The molecule has 2 N–H and O–H groups in total. The number of ether oxygens (including phenoxy) is 1. The first-order valence-corrected chi connectivity index (χ1v) is 10.1. The predicted octanol–water partition coefficient (Wildman–Crippen LogP) is 2.81. The fourth-order valence-corrected chi connectivity index (χ4v) is 4.31. The number of anilines is 1. The summed E-state index contributed by atoms with van der Waals surface area (Å²) < 4.78 is 19.7. The first kappa shape index (κ1) is 19.2. The number of nitrogens with zero attached hydrogens (tertiary/aromatic N) is 2. The van der Waals surface area contributed by atoms with E-state index in [1.54, 1.807) is 7.11 Å². The van der Waals surface area contributed by atoms with Crippen LogP contribution in [0.4, 0.5) is 10.1 Å². The van der Waals surface area contributed by atoms with Gasteiger partial charge in [0.05, 0.1) is 13.2 Å². The Bertz CT molecular complexity index is 772. The molecule has 28 heavy (non-hydrogen) atoms.